The van der Waals surface area contributed by atoms with E-state index in [1.54, 1.807) is 23.4 Å². The van der Waals surface area contributed by atoms with Gasteiger partial charge in [0.2, 0.25) is 5.91 Å². The fourth-order valence-electron chi connectivity index (χ4n) is 3.17. The van der Waals surface area contributed by atoms with Gasteiger partial charge >= 0.3 is 6.03 Å². The van der Waals surface area contributed by atoms with Gasteiger partial charge in [-0.25, -0.2) is 18.6 Å². The number of benzene rings is 1. The number of rotatable bonds is 5. The number of pyridine rings is 1. The van der Waals surface area contributed by atoms with Crippen molar-refractivity contribution in [2.75, 3.05) is 38.2 Å². The number of amides is 3. The average molecular weight is 526 g/mol. The maximum absolute atomic E-state index is 14.7. The zero-order chi connectivity index (χ0) is 22.7. The number of ether oxygens (including phenoxy) is 1. The SMILES string of the molecule is O=C(NCC(=O)N1CCOCC1)Nc1cc(F)c(Sc2ccnc3[nH]cc(Br)c23)c(F)c1. The number of nitrogens with one attached hydrogen (secondary N) is 3. The molecule has 0 unspecified atom stereocenters. The van der Waals surface area contributed by atoms with Crippen LogP contribution in [-0.4, -0.2) is 59.7 Å². The first kappa shape index (κ1) is 22.5. The largest absolute Gasteiger partial charge is 0.378 e. The number of urea groups is 1. The summed E-state index contributed by atoms with van der Waals surface area (Å²) in [7, 11) is 0. The number of aromatic amines is 1. The van der Waals surface area contributed by atoms with E-state index in [0.29, 0.717) is 42.2 Å². The number of nitrogens with zero attached hydrogens (tertiary/aromatic N) is 2. The molecule has 4 rings (SSSR count). The molecule has 0 aliphatic carbocycles. The van der Waals surface area contributed by atoms with Crippen molar-refractivity contribution in [2.45, 2.75) is 9.79 Å². The molecule has 12 heteroatoms. The van der Waals surface area contributed by atoms with Crippen molar-refractivity contribution < 1.29 is 23.1 Å². The summed E-state index contributed by atoms with van der Waals surface area (Å²) in [6, 6.07) is 2.98. The van der Waals surface area contributed by atoms with Gasteiger partial charge in [0.25, 0.3) is 0 Å². The molecule has 0 atom stereocenters. The van der Waals surface area contributed by atoms with E-state index in [1.165, 1.54) is 0 Å². The Bertz CT molecular complexity index is 1150. The Labute approximate surface area is 194 Å². The van der Waals surface area contributed by atoms with Gasteiger partial charge in [-0.1, -0.05) is 11.8 Å². The van der Waals surface area contributed by atoms with E-state index < -0.39 is 17.7 Å². The van der Waals surface area contributed by atoms with Crippen LogP contribution in [0.1, 0.15) is 0 Å². The maximum atomic E-state index is 14.7. The van der Waals surface area contributed by atoms with E-state index >= 15 is 0 Å². The van der Waals surface area contributed by atoms with Crippen molar-refractivity contribution >= 4 is 56.4 Å². The van der Waals surface area contributed by atoms with Gasteiger partial charge < -0.3 is 25.3 Å². The summed E-state index contributed by atoms with van der Waals surface area (Å²) in [6.07, 6.45) is 3.24. The predicted molar refractivity (Wildman–Crippen MR) is 119 cm³/mol. The summed E-state index contributed by atoms with van der Waals surface area (Å²) in [5.74, 6) is -1.91. The molecule has 1 aliphatic rings. The van der Waals surface area contributed by atoms with Crippen LogP contribution in [0.4, 0.5) is 19.3 Å². The minimum Gasteiger partial charge on any atom is -0.378 e. The van der Waals surface area contributed by atoms with Crippen LogP contribution in [0.2, 0.25) is 0 Å². The smallest absolute Gasteiger partial charge is 0.319 e. The highest BCUT2D eigenvalue weighted by Crippen LogP contribution is 2.39. The molecule has 32 heavy (non-hydrogen) atoms. The van der Waals surface area contributed by atoms with Crippen molar-refractivity contribution in [3.05, 3.63) is 46.7 Å². The molecule has 2 aromatic heterocycles. The second-order valence-electron chi connectivity index (χ2n) is 6.84. The molecule has 0 bridgehead atoms. The highest BCUT2D eigenvalue weighted by molar-refractivity contribution is 9.10. The summed E-state index contributed by atoms with van der Waals surface area (Å²) in [5.41, 5.74) is 0.521. The molecule has 1 fully saturated rings. The number of halogens is 3. The van der Waals surface area contributed by atoms with Gasteiger partial charge in [-0.3, -0.25) is 4.79 Å². The van der Waals surface area contributed by atoms with Crippen LogP contribution in [0.3, 0.4) is 0 Å². The first-order chi connectivity index (χ1) is 15.4. The molecule has 1 aromatic carbocycles. The van der Waals surface area contributed by atoms with E-state index in [1.807, 2.05) is 0 Å². The van der Waals surface area contributed by atoms with E-state index in [2.05, 4.69) is 36.5 Å². The zero-order valence-corrected chi connectivity index (χ0v) is 19.0. The number of carbonyl (C=O) groups excluding carboxylic acids is 2. The molecule has 0 spiro atoms. The van der Waals surface area contributed by atoms with Crippen LogP contribution < -0.4 is 10.6 Å². The highest BCUT2D eigenvalue weighted by atomic mass is 79.9. The number of fused-ring (bicyclic) bond motifs is 1. The highest BCUT2D eigenvalue weighted by Gasteiger charge is 2.19. The van der Waals surface area contributed by atoms with E-state index in [0.717, 1.165) is 28.4 Å². The van der Waals surface area contributed by atoms with Crippen LogP contribution in [-0.2, 0) is 9.53 Å². The predicted octanol–water partition coefficient (Wildman–Crippen LogP) is 3.74. The van der Waals surface area contributed by atoms with Crippen molar-refractivity contribution in [2.24, 2.45) is 0 Å². The Kier molecular flexibility index (Phi) is 6.92. The van der Waals surface area contributed by atoms with Gasteiger partial charge in [-0.2, -0.15) is 0 Å². The second-order valence-corrected chi connectivity index (χ2v) is 8.75. The monoisotopic (exact) mass is 525 g/mol. The van der Waals surface area contributed by atoms with E-state index in [4.69, 9.17) is 4.74 Å². The van der Waals surface area contributed by atoms with Crippen molar-refractivity contribution in [1.82, 2.24) is 20.2 Å². The van der Waals surface area contributed by atoms with E-state index in [-0.39, 0.29) is 23.0 Å². The lowest BCUT2D eigenvalue weighted by Crippen LogP contribution is -2.46. The van der Waals surface area contributed by atoms with Gasteiger partial charge in [0.05, 0.1) is 24.7 Å². The second kappa shape index (κ2) is 9.84. The van der Waals surface area contributed by atoms with Gasteiger partial charge in [0, 0.05) is 45.9 Å². The molecule has 0 radical (unpaired) electrons. The minimum absolute atomic E-state index is 0.0663. The maximum Gasteiger partial charge on any atom is 0.319 e. The molecule has 3 amide bonds. The Morgan fingerprint density at radius 2 is 1.97 bits per heavy atom. The molecule has 3 heterocycles. The number of carbonyl (C=O) groups is 2. The normalized spacial score (nSPS) is 13.9. The zero-order valence-electron chi connectivity index (χ0n) is 16.6. The first-order valence-electron chi connectivity index (χ1n) is 9.61. The lowest BCUT2D eigenvalue weighted by molar-refractivity contribution is -0.134. The van der Waals surface area contributed by atoms with Gasteiger partial charge in [-0.05, 0) is 34.1 Å². The molecule has 1 aliphatic heterocycles. The molecule has 1 saturated heterocycles. The van der Waals surface area contributed by atoms with Crippen LogP contribution >= 0.6 is 27.7 Å². The number of hydrogen-bond acceptors (Lipinski definition) is 5. The van der Waals surface area contributed by atoms with Gasteiger partial charge in [0.15, 0.2) is 0 Å². The lowest BCUT2D eigenvalue weighted by atomic mass is 10.3. The Hall–Kier alpha value is -2.70. The fraction of sp³-hybridized carbons (Fsp3) is 0.250. The van der Waals surface area contributed by atoms with Crippen molar-refractivity contribution in [3.63, 3.8) is 0 Å². The number of hydrogen-bond donors (Lipinski definition) is 3. The van der Waals surface area contributed by atoms with Crippen LogP contribution in [0.5, 0.6) is 0 Å². The molecular weight excluding hydrogens is 508 g/mol. The third kappa shape index (κ3) is 5.03. The fourth-order valence-corrected chi connectivity index (χ4v) is 4.79. The summed E-state index contributed by atoms with van der Waals surface area (Å²) in [6.45, 7) is 1.59. The minimum atomic E-state index is -0.827. The molecular formula is C20H18BrF2N5O3S. The summed E-state index contributed by atoms with van der Waals surface area (Å²) in [4.78, 5) is 33.3. The molecule has 8 nitrogen and oxygen atoms in total. The molecule has 3 N–H and O–H groups in total. The summed E-state index contributed by atoms with van der Waals surface area (Å²) in [5, 5.41) is 5.46. The number of anilines is 1. The van der Waals surface area contributed by atoms with Crippen molar-refractivity contribution in [1.29, 1.82) is 0 Å². The standard InChI is InChI=1S/C20H18BrF2N5O3S/c21-12-9-25-19-17(12)15(1-2-24-19)32-18-13(22)7-11(8-14(18)23)27-20(30)26-10-16(29)28-3-5-31-6-4-28/h1-2,7-9H,3-6,10H2,(H,24,25)(H2,26,27,30). The third-order valence-corrected chi connectivity index (χ3v) is 6.50. The van der Waals surface area contributed by atoms with Gasteiger partial charge in [0.1, 0.15) is 17.3 Å². The van der Waals surface area contributed by atoms with Crippen LogP contribution in [0.15, 0.2) is 44.9 Å². The Morgan fingerprint density at radius 3 is 2.69 bits per heavy atom. The Balaban J connectivity index is 1.41. The van der Waals surface area contributed by atoms with E-state index in [9.17, 15) is 18.4 Å². The summed E-state index contributed by atoms with van der Waals surface area (Å²) < 4.78 is 35.3. The van der Waals surface area contributed by atoms with Crippen LogP contribution in [0.25, 0.3) is 11.0 Å². The van der Waals surface area contributed by atoms with Gasteiger partial charge in [-0.15, -0.1) is 0 Å². The van der Waals surface area contributed by atoms with Crippen molar-refractivity contribution in [3.8, 4) is 0 Å². The molecule has 168 valence electrons. The lowest BCUT2D eigenvalue weighted by Gasteiger charge is -2.26. The molecule has 3 aromatic rings. The first-order valence-corrected chi connectivity index (χ1v) is 11.2. The molecule has 0 saturated carbocycles. The average Bonchev–Trinajstić information content (AvgIpc) is 3.17. The number of morpholine rings is 1. The third-order valence-electron chi connectivity index (χ3n) is 4.72. The number of H-pyrrole nitrogens is 1. The quantitative estimate of drug-likeness (QED) is 0.471. The number of aromatic nitrogens is 2. The topological polar surface area (TPSA) is 99.3 Å². The summed E-state index contributed by atoms with van der Waals surface area (Å²) >= 11 is 4.32. The van der Waals surface area contributed by atoms with Crippen LogP contribution in [0, 0.1) is 11.6 Å². The Morgan fingerprint density at radius 1 is 1.25 bits per heavy atom.